The number of thiazole rings is 1. The molecule has 19 heavy (non-hydrogen) atoms. The Hall–Kier alpha value is -0.940. The molecule has 1 saturated heterocycles. The van der Waals surface area contributed by atoms with Crippen LogP contribution < -0.4 is 5.32 Å². The monoisotopic (exact) mass is 282 g/mol. The molecule has 2 rings (SSSR count). The van der Waals surface area contributed by atoms with Crippen LogP contribution in [0.3, 0.4) is 0 Å². The predicted octanol–water partition coefficient (Wildman–Crippen LogP) is 2.49. The lowest BCUT2D eigenvalue weighted by Gasteiger charge is -2.19. The van der Waals surface area contributed by atoms with Crippen molar-refractivity contribution in [3.63, 3.8) is 0 Å². The lowest BCUT2D eigenvalue weighted by atomic mass is 10.1. The maximum absolute atomic E-state index is 12.0. The van der Waals surface area contributed by atoms with E-state index < -0.39 is 0 Å². The number of carbonyl (C=O) groups excluding carboxylic acids is 1. The van der Waals surface area contributed by atoms with Crippen LogP contribution in [0.4, 0.5) is 0 Å². The summed E-state index contributed by atoms with van der Waals surface area (Å²) in [6.45, 7) is 7.05. The SMILES string of the molecule is CC(C)c1nc(CC(=O)N[C@H](C)[C@H]2CCCO2)cs1. The highest BCUT2D eigenvalue weighted by Gasteiger charge is 2.23. The topological polar surface area (TPSA) is 51.2 Å². The Kier molecular flexibility index (Phi) is 4.93. The maximum Gasteiger partial charge on any atom is 0.226 e. The van der Waals surface area contributed by atoms with Gasteiger partial charge >= 0.3 is 0 Å². The third-order valence-corrected chi connectivity index (χ3v) is 4.51. The fourth-order valence-corrected chi connectivity index (χ4v) is 3.06. The van der Waals surface area contributed by atoms with Gasteiger partial charge in [0.1, 0.15) is 0 Å². The van der Waals surface area contributed by atoms with Crippen molar-refractivity contribution in [1.29, 1.82) is 0 Å². The van der Waals surface area contributed by atoms with E-state index in [1.807, 2.05) is 12.3 Å². The van der Waals surface area contributed by atoms with Gasteiger partial charge < -0.3 is 10.1 Å². The van der Waals surface area contributed by atoms with Crippen LogP contribution in [0.15, 0.2) is 5.38 Å². The number of nitrogens with zero attached hydrogens (tertiary/aromatic N) is 1. The van der Waals surface area contributed by atoms with Crippen LogP contribution in [-0.2, 0) is 16.0 Å². The Morgan fingerprint density at radius 2 is 2.37 bits per heavy atom. The van der Waals surface area contributed by atoms with Crippen LogP contribution in [0.1, 0.15) is 50.2 Å². The van der Waals surface area contributed by atoms with Crippen molar-refractivity contribution in [2.75, 3.05) is 6.61 Å². The molecule has 0 radical (unpaired) electrons. The van der Waals surface area contributed by atoms with Crippen LogP contribution in [0, 0.1) is 0 Å². The first kappa shape index (κ1) is 14.5. The molecule has 2 atom stereocenters. The lowest BCUT2D eigenvalue weighted by Crippen LogP contribution is -2.41. The number of rotatable bonds is 5. The van der Waals surface area contributed by atoms with Gasteiger partial charge in [-0.3, -0.25) is 4.79 Å². The number of hydrogen-bond donors (Lipinski definition) is 1. The van der Waals surface area contributed by atoms with Crippen molar-refractivity contribution in [1.82, 2.24) is 10.3 Å². The van der Waals surface area contributed by atoms with Crippen LogP contribution in [0.5, 0.6) is 0 Å². The van der Waals surface area contributed by atoms with Gasteiger partial charge in [-0.2, -0.15) is 0 Å². The van der Waals surface area contributed by atoms with E-state index in [-0.39, 0.29) is 18.1 Å². The largest absolute Gasteiger partial charge is 0.376 e. The number of aromatic nitrogens is 1. The lowest BCUT2D eigenvalue weighted by molar-refractivity contribution is -0.121. The minimum absolute atomic E-state index is 0.0311. The summed E-state index contributed by atoms with van der Waals surface area (Å²) in [6.07, 6.45) is 2.66. The summed E-state index contributed by atoms with van der Waals surface area (Å²) < 4.78 is 5.57. The molecule has 1 aromatic rings. The second-order valence-corrected chi connectivity index (χ2v) is 6.31. The van der Waals surface area contributed by atoms with E-state index in [9.17, 15) is 4.79 Å². The highest BCUT2D eigenvalue weighted by molar-refractivity contribution is 7.09. The number of carbonyl (C=O) groups is 1. The van der Waals surface area contributed by atoms with Crippen LogP contribution in [0.25, 0.3) is 0 Å². The highest BCUT2D eigenvalue weighted by Crippen LogP contribution is 2.19. The predicted molar refractivity (Wildman–Crippen MR) is 76.5 cm³/mol. The molecular formula is C14H22N2O2S. The fourth-order valence-electron chi connectivity index (χ4n) is 2.23. The first-order valence-electron chi connectivity index (χ1n) is 6.91. The standard InChI is InChI=1S/C14H22N2O2S/c1-9(2)14-16-11(8-19-14)7-13(17)15-10(3)12-5-4-6-18-12/h8-10,12H,4-7H2,1-3H3,(H,15,17)/t10-,12-/m1/s1. The molecular weight excluding hydrogens is 260 g/mol. The number of ether oxygens (including phenoxy) is 1. The van der Waals surface area contributed by atoms with Gasteiger partial charge in [0.05, 0.1) is 29.3 Å². The summed E-state index contributed by atoms with van der Waals surface area (Å²) in [5.41, 5.74) is 0.866. The van der Waals surface area contributed by atoms with Gasteiger partial charge in [-0.05, 0) is 19.8 Å². The molecule has 0 aliphatic carbocycles. The zero-order valence-electron chi connectivity index (χ0n) is 11.8. The molecule has 1 aromatic heterocycles. The minimum Gasteiger partial charge on any atom is -0.376 e. The van der Waals surface area contributed by atoms with E-state index in [1.165, 1.54) is 0 Å². The molecule has 1 aliphatic rings. The quantitative estimate of drug-likeness (QED) is 0.902. The van der Waals surface area contributed by atoms with Gasteiger partial charge in [-0.25, -0.2) is 4.98 Å². The zero-order valence-corrected chi connectivity index (χ0v) is 12.6. The molecule has 2 heterocycles. The molecule has 4 nitrogen and oxygen atoms in total. The molecule has 0 saturated carbocycles. The molecule has 0 unspecified atom stereocenters. The van der Waals surface area contributed by atoms with E-state index in [0.717, 1.165) is 30.2 Å². The maximum atomic E-state index is 12.0. The fraction of sp³-hybridized carbons (Fsp3) is 0.714. The minimum atomic E-state index is 0.0311. The highest BCUT2D eigenvalue weighted by atomic mass is 32.1. The van der Waals surface area contributed by atoms with Gasteiger partial charge in [0.25, 0.3) is 0 Å². The van der Waals surface area contributed by atoms with E-state index >= 15 is 0 Å². The second-order valence-electron chi connectivity index (χ2n) is 5.42. The van der Waals surface area contributed by atoms with Crippen LogP contribution >= 0.6 is 11.3 Å². The van der Waals surface area contributed by atoms with Gasteiger partial charge in [0.15, 0.2) is 0 Å². The van der Waals surface area contributed by atoms with Crippen molar-refractivity contribution in [2.24, 2.45) is 0 Å². The molecule has 1 fully saturated rings. The first-order chi connectivity index (χ1) is 9.06. The van der Waals surface area contributed by atoms with Gasteiger partial charge in [0, 0.05) is 17.9 Å². The summed E-state index contributed by atoms with van der Waals surface area (Å²) in [5, 5.41) is 6.08. The zero-order chi connectivity index (χ0) is 13.8. The Balaban J connectivity index is 1.82. The molecule has 106 valence electrons. The smallest absolute Gasteiger partial charge is 0.226 e. The normalized spacial score (nSPS) is 20.7. The van der Waals surface area contributed by atoms with E-state index in [2.05, 4.69) is 24.1 Å². The molecule has 5 heteroatoms. The molecule has 0 aromatic carbocycles. The number of nitrogens with one attached hydrogen (secondary N) is 1. The summed E-state index contributed by atoms with van der Waals surface area (Å²) in [5.74, 6) is 0.455. The summed E-state index contributed by atoms with van der Waals surface area (Å²) in [7, 11) is 0. The summed E-state index contributed by atoms with van der Waals surface area (Å²) in [6, 6.07) is 0.0817. The molecule has 0 spiro atoms. The van der Waals surface area contributed by atoms with Crippen molar-refractivity contribution < 1.29 is 9.53 Å². The van der Waals surface area contributed by atoms with E-state index in [0.29, 0.717) is 12.3 Å². The van der Waals surface area contributed by atoms with Crippen molar-refractivity contribution in [2.45, 2.75) is 58.1 Å². The average Bonchev–Trinajstić information content (AvgIpc) is 2.98. The molecule has 1 N–H and O–H groups in total. The van der Waals surface area contributed by atoms with Crippen molar-refractivity contribution in [3.8, 4) is 0 Å². The molecule has 0 bridgehead atoms. The average molecular weight is 282 g/mol. The van der Waals surface area contributed by atoms with Crippen molar-refractivity contribution >= 4 is 17.2 Å². The second kappa shape index (κ2) is 6.48. The number of amides is 1. The molecule has 1 amide bonds. The van der Waals surface area contributed by atoms with E-state index in [1.54, 1.807) is 11.3 Å². The Morgan fingerprint density at radius 1 is 1.58 bits per heavy atom. The van der Waals surface area contributed by atoms with Gasteiger partial charge in [0.2, 0.25) is 5.91 Å². The van der Waals surface area contributed by atoms with Gasteiger partial charge in [-0.1, -0.05) is 13.8 Å². The summed E-state index contributed by atoms with van der Waals surface area (Å²) in [4.78, 5) is 16.4. The van der Waals surface area contributed by atoms with Crippen molar-refractivity contribution in [3.05, 3.63) is 16.1 Å². The third-order valence-electron chi connectivity index (χ3n) is 3.32. The Labute approximate surface area is 118 Å². The number of hydrogen-bond acceptors (Lipinski definition) is 4. The van der Waals surface area contributed by atoms with Crippen LogP contribution in [-0.4, -0.2) is 29.6 Å². The van der Waals surface area contributed by atoms with Crippen LogP contribution in [0.2, 0.25) is 0 Å². The summed E-state index contributed by atoms with van der Waals surface area (Å²) >= 11 is 1.63. The Morgan fingerprint density at radius 3 is 2.95 bits per heavy atom. The molecule has 1 aliphatic heterocycles. The Bertz CT molecular complexity index is 425. The third kappa shape index (κ3) is 4.01. The van der Waals surface area contributed by atoms with E-state index in [4.69, 9.17) is 4.74 Å². The van der Waals surface area contributed by atoms with Gasteiger partial charge in [-0.15, -0.1) is 11.3 Å². The first-order valence-corrected chi connectivity index (χ1v) is 7.79.